The summed E-state index contributed by atoms with van der Waals surface area (Å²) < 4.78 is 18.1. The zero-order chi connectivity index (χ0) is 24.9. The highest BCUT2D eigenvalue weighted by molar-refractivity contribution is 6.03. The summed E-state index contributed by atoms with van der Waals surface area (Å²) in [5.41, 5.74) is 4.27. The zero-order valence-electron chi connectivity index (χ0n) is 20.1. The molecule has 1 N–H and O–H groups in total. The predicted octanol–water partition coefficient (Wildman–Crippen LogP) is 5.07. The quantitative estimate of drug-likeness (QED) is 0.359. The van der Waals surface area contributed by atoms with E-state index in [9.17, 15) is 9.59 Å². The van der Waals surface area contributed by atoms with Crippen LogP contribution in [-0.4, -0.2) is 28.8 Å². The second-order valence-electron chi connectivity index (χ2n) is 8.13. The van der Waals surface area contributed by atoms with Crippen molar-refractivity contribution in [1.29, 1.82) is 0 Å². The van der Waals surface area contributed by atoms with Gasteiger partial charge in [0.25, 0.3) is 5.91 Å². The number of carbonyl (C=O) groups is 2. The molecule has 180 valence electrons. The van der Waals surface area contributed by atoms with Crippen molar-refractivity contribution < 1.29 is 23.5 Å². The first-order valence-electron chi connectivity index (χ1n) is 11.2. The monoisotopic (exact) mass is 473 g/mol. The van der Waals surface area contributed by atoms with Gasteiger partial charge in [0.15, 0.2) is 5.76 Å². The van der Waals surface area contributed by atoms with E-state index in [1.54, 1.807) is 28.9 Å². The molecule has 0 saturated heterocycles. The standard InChI is InChI=1S/C27H27N3O5/c1-17-9-5-8-12-23(17)34-16-21-13-14-24(35-21)26(31)28-25-18(2)29-30(19(25)3)15-20-10-6-7-11-22(20)27(32)33-4/h5-14H,15-16H2,1-4H3,(H,28,31). The van der Waals surface area contributed by atoms with E-state index in [0.717, 1.165) is 22.6 Å². The number of para-hydroxylation sites is 1. The Labute approximate surface area is 203 Å². The van der Waals surface area contributed by atoms with Gasteiger partial charge in [-0.15, -0.1) is 0 Å². The van der Waals surface area contributed by atoms with Gasteiger partial charge in [0.05, 0.1) is 36.3 Å². The van der Waals surface area contributed by atoms with Gasteiger partial charge in [-0.05, 0) is 56.2 Å². The molecule has 4 rings (SSSR count). The van der Waals surface area contributed by atoms with Crippen molar-refractivity contribution in [3.8, 4) is 5.75 Å². The Morgan fingerprint density at radius 2 is 1.74 bits per heavy atom. The Morgan fingerprint density at radius 3 is 2.51 bits per heavy atom. The molecular weight excluding hydrogens is 446 g/mol. The number of anilines is 1. The fraction of sp³-hybridized carbons (Fsp3) is 0.222. The maximum Gasteiger partial charge on any atom is 0.338 e. The lowest BCUT2D eigenvalue weighted by Gasteiger charge is -2.10. The molecular formula is C27H27N3O5. The van der Waals surface area contributed by atoms with Crippen LogP contribution in [0.1, 0.15) is 49.2 Å². The molecule has 0 aliphatic heterocycles. The first-order valence-corrected chi connectivity index (χ1v) is 11.2. The first-order chi connectivity index (χ1) is 16.9. The van der Waals surface area contributed by atoms with E-state index < -0.39 is 5.97 Å². The number of aromatic nitrogens is 2. The number of ether oxygens (including phenoxy) is 2. The van der Waals surface area contributed by atoms with Gasteiger partial charge < -0.3 is 19.2 Å². The van der Waals surface area contributed by atoms with Crippen LogP contribution in [0.25, 0.3) is 0 Å². The number of benzene rings is 2. The summed E-state index contributed by atoms with van der Waals surface area (Å²) in [5, 5.41) is 7.45. The molecule has 0 spiro atoms. The number of amides is 1. The van der Waals surface area contributed by atoms with Gasteiger partial charge in [-0.3, -0.25) is 9.48 Å². The van der Waals surface area contributed by atoms with Gasteiger partial charge in [-0.25, -0.2) is 4.79 Å². The molecule has 0 fully saturated rings. The number of aryl methyl sites for hydroxylation is 2. The van der Waals surface area contributed by atoms with E-state index >= 15 is 0 Å². The summed E-state index contributed by atoms with van der Waals surface area (Å²) in [6, 6.07) is 18.3. The largest absolute Gasteiger partial charge is 0.485 e. The Bertz CT molecular complexity index is 1370. The lowest BCUT2D eigenvalue weighted by atomic mass is 10.1. The molecule has 0 atom stereocenters. The molecule has 2 aromatic heterocycles. The van der Waals surface area contributed by atoms with Crippen LogP contribution in [-0.2, 0) is 17.9 Å². The number of nitrogens with zero attached hydrogens (tertiary/aromatic N) is 2. The summed E-state index contributed by atoms with van der Waals surface area (Å²) in [5.74, 6) is 0.698. The van der Waals surface area contributed by atoms with Crippen LogP contribution < -0.4 is 10.1 Å². The second kappa shape index (κ2) is 10.3. The van der Waals surface area contributed by atoms with Crippen LogP contribution in [0, 0.1) is 20.8 Å². The number of nitrogens with one attached hydrogen (secondary N) is 1. The van der Waals surface area contributed by atoms with Crippen molar-refractivity contribution in [2.24, 2.45) is 0 Å². The van der Waals surface area contributed by atoms with Crippen molar-refractivity contribution in [3.63, 3.8) is 0 Å². The number of rotatable bonds is 8. The highest BCUT2D eigenvalue weighted by atomic mass is 16.5. The van der Waals surface area contributed by atoms with Gasteiger partial charge in [-0.1, -0.05) is 36.4 Å². The van der Waals surface area contributed by atoms with Crippen molar-refractivity contribution in [3.05, 3.63) is 100 Å². The van der Waals surface area contributed by atoms with Gasteiger partial charge in [0, 0.05) is 0 Å². The van der Waals surface area contributed by atoms with E-state index in [0.29, 0.717) is 29.2 Å². The Balaban J connectivity index is 1.46. The maximum atomic E-state index is 12.9. The lowest BCUT2D eigenvalue weighted by molar-refractivity contribution is 0.0599. The number of hydrogen-bond acceptors (Lipinski definition) is 6. The SMILES string of the molecule is COC(=O)c1ccccc1Cn1nc(C)c(NC(=O)c2ccc(COc3ccccc3C)o2)c1C. The summed E-state index contributed by atoms with van der Waals surface area (Å²) in [6.45, 7) is 6.22. The Morgan fingerprint density at radius 1 is 1.00 bits per heavy atom. The average molecular weight is 474 g/mol. The zero-order valence-corrected chi connectivity index (χ0v) is 20.1. The Hall–Kier alpha value is -4.33. The minimum absolute atomic E-state index is 0.177. The minimum Gasteiger partial charge on any atom is -0.485 e. The molecule has 0 radical (unpaired) electrons. The topological polar surface area (TPSA) is 95.6 Å². The van der Waals surface area contributed by atoms with Crippen LogP contribution in [0.15, 0.2) is 65.1 Å². The van der Waals surface area contributed by atoms with E-state index in [2.05, 4.69) is 10.4 Å². The van der Waals surface area contributed by atoms with Crippen LogP contribution in [0.4, 0.5) is 5.69 Å². The van der Waals surface area contributed by atoms with Crippen molar-refractivity contribution in [2.45, 2.75) is 33.9 Å². The molecule has 1 amide bonds. The lowest BCUT2D eigenvalue weighted by Crippen LogP contribution is -2.13. The average Bonchev–Trinajstić information content (AvgIpc) is 3.44. The summed E-state index contributed by atoms with van der Waals surface area (Å²) in [6.07, 6.45) is 0. The van der Waals surface area contributed by atoms with Crippen LogP contribution in [0.2, 0.25) is 0 Å². The van der Waals surface area contributed by atoms with Gasteiger partial charge >= 0.3 is 5.97 Å². The molecule has 35 heavy (non-hydrogen) atoms. The molecule has 0 aliphatic rings. The van der Waals surface area contributed by atoms with Crippen LogP contribution in [0.5, 0.6) is 5.75 Å². The van der Waals surface area contributed by atoms with E-state index in [4.69, 9.17) is 13.9 Å². The van der Waals surface area contributed by atoms with Crippen molar-refractivity contribution in [2.75, 3.05) is 12.4 Å². The summed E-state index contributed by atoms with van der Waals surface area (Å²) >= 11 is 0. The first kappa shape index (κ1) is 23.8. The van der Waals surface area contributed by atoms with Gasteiger partial charge in [0.1, 0.15) is 18.1 Å². The number of hydrogen-bond donors (Lipinski definition) is 1. The molecule has 8 heteroatoms. The number of methoxy groups -OCH3 is 1. The molecule has 0 unspecified atom stereocenters. The smallest absolute Gasteiger partial charge is 0.338 e. The minimum atomic E-state index is -0.407. The third-order valence-electron chi connectivity index (χ3n) is 5.71. The fourth-order valence-electron chi connectivity index (χ4n) is 3.78. The maximum absolute atomic E-state index is 12.9. The number of carbonyl (C=O) groups excluding carboxylic acids is 2. The molecule has 2 aromatic carbocycles. The second-order valence-corrected chi connectivity index (χ2v) is 8.13. The normalized spacial score (nSPS) is 10.7. The highest BCUT2D eigenvalue weighted by Crippen LogP contribution is 2.23. The summed E-state index contributed by atoms with van der Waals surface area (Å²) in [7, 11) is 1.35. The van der Waals surface area contributed by atoms with E-state index in [1.165, 1.54) is 7.11 Å². The van der Waals surface area contributed by atoms with Crippen molar-refractivity contribution >= 4 is 17.6 Å². The van der Waals surface area contributed by atoms with E-state index in [1.807, 2.05) is 57.2 Å². The Kier molecular flexibility index (Phi) is 7.01. The predicted molar refractivity (Wildman–Crippen MR) is 131 cm³/mol. The fourth-order valence-corrected chi connectivity index (χ4v) is 3.78. The molecule has 0 saturated carbocycles. The third kappa shape index (κ3) is 5.27. The van der Waals surface area contributed by atoms with E-state index in [-0.39, 0.29) is 18.3 Å². The molecule has 0 bridgehead atoms. The van der Waals surface area contributed by atoms with Crippen LogP contribution >= 0.6 is 0 Å². The molecule has 8 nitrogen and oxygen atoms in total. The highest BCUT2D eigenvalue weighted by Gasteiger charge is 2.19. The van der Waals surface area contributed by atoms with Gasteiger partial charge in [0.2, 0.25) is 0 Å². The molecule has 4 aromatic rings. The molecule has 0 aliphatic carbocycles. The number of furan rings is 1. The number of esters is 1. The van der Waals surface area contributed by atoms with Crippen molar-refractivity contribution in [1.82, 2.24) is 9.78 Å². The molecule has 2 heterocycles. The third-order valence-corrected chi connectivity index (χ3v) is 5.71. The van der Waals surface area contributed by atoms with Crippen LogP contribution in [0.3, 0.4) is 0 Å². The van der Waals surface area contributed by atoms with Gasteiger partial charge in [-0.2, -0.15) is 5.10 Å². The summed E-state index contributed by atoms with van der Waals surface area (Å²) in [4.78, 5) is 25.0.